The lowest BCUT2D eigenvalue weighted by Crippen LogP contribution is -2.49. The number of nitrogens with one attached hydrogen (secondary N) is 2. The van der Waals surface area contributed by atoms with E-state index in [1.807, 2.05) is 24.7 Å². The Kier molecular flexibility index (Phi) is 7.71. The van der Waals surface area contributed by atoms with Gasteiger partial charge in [-0.25, -0.2) is 9.98 Å². The van der Waals surface area contributed by atoms with Crippen molar-refractivity contribution < 1.29 is 0 Å². The second-order valence-corrected chi connectivity index (χ2v) is 7.94. The van der Waals surface area contributed by atoms with E-state index in [-0.39, 0.29) is 0 Å². The first-order chi connectivity index (χ1) is 14.5. The molecule has 7 heteroatoms. The lowest BCUT2D eigenvalue weighted by Gasteiger charge is -2.34. The summed E-state index contributed by atoms with van der Waals surface area (Å²) in [6.45, 7) is 12.1. The standard InChI is InChI=1S/C23H37N7/c1-6-20-19(21(7-2)29(5)28-20)16-25-23(24-8-3)27-18-12-14-30(15-13-18)22-11-9-10-17(4)26-22/h9-11,18H,6-8,12-16H2,1-5H3,(H2,24,25,27). The second kappa shape index (κ2) is 10.5. The zero-order chi connectivity index (χ0) is 21.5. The van der Waals surface area contributed by atoms with Crippen LogP contribution in [0.4, 0.5) is 5.82 Å². The summed E-state index contributed by atoms with van der Waals surface area (Å²) in [4.78, 5) is 12.0. The Morgan fingerprint density at radius 1 is 1.17 bits per heavy atom. The zero-order valence-corrected chi connectivity index (χ0v) is 19.2. The van der Waals surface area contributed by atoms with E-state index < -0.39 is 0 Å². The average molecular weight is 412 g/mol. The molecule has 30 heavy (non-hydrogen) atoms. The molecule has 0 radical (unpaired) electrons. The van der Waals surface area contributed by atoms with Gasteiger partial charge in [0, 0.05) is 49.7 Å². The summed E-state index contributed by atoms with van der Waals surface area (Å²) in [6, 6.07) is 6.67. The smallest absolute Gasteiger partial charge is 0.191 e. The SMILES string of the molecule is CCNC(=NCc1c(CC)nn(C)c1CC)NC1CCN(c2cccc(C)n2)CC1. The molecule has 7 nitrogen and oxygen atoms in total. The van der Waals surface area contributed by atoms with Gasteiger partial charge in [0.1, 0.15) is 5.82 Å². The van der Waals surface area contributed by atoms with E-state index in [1.54, 1.807) is 0 Å². The number of nitrogens with zero attached hydrogens (tertiary/aromatic N) is 5. The Bertz CT molecular complexity index is 847. The van der Waals surface area contributed by atoms with Crippen LogP contribution in [0.25, 0.3) is 0 Å². The molecule has 1 aliphatic heterocycles. The summed E-state index contributed by atoms with van der Waals surface area (Å²) in [5.74, 6) is 1.99. The van der Waals surface area contributed by atoms with Crippen LogP contribution >= 0.6 is 0 Å². The highest BCUT2D eigenvalue weighted by atomic mass is 15.3. The fourth-order valence-corrected chi connectivity index (χ4v) is 4.20. The average Bonchev–Trinajstić information content (AvgIpc) is 3.07. The van der Waals surface area contributed by atoms with Gasteiger partial charge in [-0.1, -0.05) is 19.9 Å². The van der Waals surface area contributed by atoms with Gasteiger partial charge in [0.2, 0.25) is 0 Å². The number of rotatable bonds is 7. The molecule has 2 N–H and O–H groups in total. The van der Waals surface area contributed by atoms with Crippen molar-refractivity contribution in [3.05, 3.63) is 40.8 Å². The molecule has 0 atom stereocenters. The van der Waals surface area contributed by atoms with E-state index in [0.717, 1.165) is 68.5 Å². The number of guanidine groups is 1. The Hall–Kier alpha value is -2.57. The molecule has 0 aliphatic carbocycles. The molecule has 0 bridgehead atoms. The topological polar surface area (TPSA) is 70.4 Å². The number of aliphatic imine (C=N–C) groups is 1. The van der Waals surface area contributed by atoms with Gasteiger partial charge in [-0.2, -0.15) is 5.10 Å². The van der Waals surface area contributed by atoms with Gasteiger partial charge in [0.25, 0.3) is 0 Å². The molecular weight excluding hydrogens is 374 g/mol. The molecule has 2 aromatic heterocycles. The highest BCUT2D eigenvalue weighted by Gasteiger charge is 2.21. The van der Waals surface area contributed by atoms with Crippen LogP contribution < -0.4 is 15.5 Å². The normalized spacial score (nSPS) is 15.5. The Morgan fingerprint density at radius 2 is 1.93 bits per heavy atom. The van der Waals surface area contributed by atoms with Crippen molar-refractivity contribution in [3.63, 3.8) is 0 Å². The summed E-state index contributed by atoms with van der Waals surface area (Å²) in [5.41, 5.74) is 4.79. The van der Waals surface area contributed by atoms with Crippen molar-refractivity contribution in [1.82, 2.24) is 25.4 Å². The highest BCUT2D eigenvalue weighted by Crippen LogP contribution is 2.19. The van der Waals surface area contributed by atoms with Crippen LogP contribution in [-0.4, -0.2) is 46.4 Å². The molecule has 3 heterocycles. The first-order valence-electron chi connectivity index (χ1n) is 11.3. The van der Waals surface area contributed by atoms with Gasteiger partial charge in [0.05, 0.1) is 12.2 Å². The van der Waals surface area contributed by atoms with Gasteiger partial charge in [-0.05, 0) is 51.7 Å². The third kappa shape index (κ3) is 5.32. The summed E-state index contributed by atoms with van der Waals surface area (Å²) >= 11 is 0. The van der Waals surface area contributed by atoms with Crippen molar-refractivity contribution in [2.75, 3.05) is 24.5 Å². The van der Waals surface area contributed by atoms with Crippen molar-refractivity contribution in [2.45, 2.75) is 66.0 Å². The molecule has 0 amide bonds. The monoisotopic (exact) mass is 411 g/mol. The molecule has 1 aliphatic rings. The van der Waals surface area contributed by atoms with Crippen LogP contribution in [0.15, 0.2) is 23.2 Å². The molecule has 1 saturated heterocycles. The number of piperidine rings is 1. The van der Waals surface area contributed by atoms with Gasteiger partial charge >= 0.3 is 0 Å². The minimum Gasteiger partial charge on any atom is -0.357 e. The van der Waals surface area contributed by atoms with E-state index in [4.69, 9.17) is 4.99 Å². The lowest BCUT2D eigenvalue weighted by molar-refractivity contribution is 0.459. The lowest BCUT2D eigenvalue weighted by atomic mass is 10.1. The molecule has 0 aromatic carbocycles. The maximum Gasteiger partial charge on any atom is 0.191 e. The number of aryl methyl sites for hydroxylation is 3. The number of anilines is 1. The number of aromatic nitrogens is 3. The molecule has 164 valence electrons. The van der Waals surface area contributed by atoms with Crippen LogP contribution in [-0.2, 0) is 26.4 Å². The van der Waals surface area contributed by atoms with Gasteiger partial charge in [-0.15, -0.1) is 0 Å². The van der Waals surface area contributed by atoms with Crippen LogP contribution in [0.5, 0.6) is 0 Å². The van der Waals surface area contributed by atoms with Crippen LogP contribution in [0, 0.1) is 6.92 Å². The van der Waals surface area contributed by atoms with E-state index in [1.165, 1.54) is 11.3 Å². The largest absolute Gasteiger partial charge is 0.357 e. The Morgan fingerprint density at radius 3 is 2.57 bits per heavy atom. The second-order valence-electron chi connectivity index (χ2n) is 7.94. The molecular formula is C23H37N7. The first kappa shape index (κ1) is 22.1. The van der Waals surface area contributed by atoms with Gasteiger partial charge in [0.15, 0.2) is 5.96 Å². The zero-order valence-electron chi connectivity index (χ0n) is 19.2. The quantitative estimate of drug-likeness (QED) is 0.541. The predicted octanol–water partition coefficient (Wildman–Crippen LogP) is 2.97. The number of hydrogen-bond donors (Lipinski definition) is 2. The minimum absolute atomic E-state index is 0.425. The van der Waals surface area contributed by atoms with Crippen molar-refractivity contribution in [1.29, 1.82) is 0 Å². The summed E-state index contributed by atoms with van der Waals surface area (Å²) in [5, 5.41) is 11.8. The molecule has 0 spiro atoms. The van der Waals surface area contributed by atoms with Crippen LogP contribution in [0.1, 0.15) is 56.3 Å². The third-order valence-electron chi connectivity index (χ3n) is 5.80. The number of pyridine rings is 1. The van der Waals surface area contributed by atoms with Crippen LogP contribution in [0.3, 0.4) is 0 Å². The first-order valence-corrected chi connectivity index (χ1v) is 11.3. The maximum atomic E-state index is 4.91. The molecule has 2 aromatic rings. The van der Waals surface area contributed by atoms with E-state index in [0.29, 0.717) is 12.6 Å². The molecule has 0 unspecified atom stereocenters. The molecule has 1 fully saturated rings. The van der Waals surface area contributed by atoms with E-state index >= 15 is 0 Å². The fraction of sp³-hybridized carbons (Fsp3) is 0.609. The summed E-state index contributed by atoms with van der Waals surface area (Å²) in [6.07, 6.45) is 4.07. The molecule has 0 saturated carbocycles. The van der Waals surface area contributed by atoms with E-state index in [9.17, 15) is 0 Å². The molecule has 3 rings (SSSR count). The minimum atomic E-state index is 0.425. The van der Waals surface area contributed by atoms with Crippen LogP contribution in [0.2, 0.25) is 0 Å². The van der Waals surface area contributed by atoms with Crippen molar-refractivity contribution >= 4 is 11.8 Å². The Balaban J connectivity index is 1.62. The summed E-state index contributed by atoms with van der Waals surface area (Å²) in [7, 11) is 2.03. The van der Waals surface area contributed by atoms with E-state index in [2.05, 4.69) is 58.5 Å². The fourth-order valence-electron chi connectivity index (χ4n) is 4.20. The van der Waals surface area contributed by atoms with Gasteiger partial charge in [-0.3, -0.25) is 4.68 Å². The predicted molar refractivity (Wildman–Crippen MR) is 124 cm³/mol. The Labute approximate surface area is 181 Å². The highest BCUT2D eigenvalue weighted by molar-refractivity contribution is 5.80. The maximum absolute atomic E-state index is 4.91. The van der Waals surface area contributed by atoms with Crippen molar-refractivity contribution in [2.24, 2.45) is 12.0 Å². The summed E-state index contributed by atoms with van der Waals surface area (Å²) < 4.78 is 2.01. The number of hydrogen-bond acceptors (Lipinski definition) is 4. The third-order valence-corrected chi connectivity index (χ3v) is 5.80. The van der Waals surface area contributed by atoms with Gasteiger partial charge < -0.3 is 15.5 Å². The van der Waals surface area contributed by atoms with Crippen molar-refractivity contribution in [3.8, 4) is 0 Å².